The van der Waals surface area contributed by atoms with E-state index in [1.54, 1.807) is 48.5 Å². The molecule has 0 radical (unpaired) electrons. The quantitative estimate of drug-likeness (QED) is 0.559. The van der Waals surface area contributed by atoms with Crippen molar-refractivity contribution in [2.45, 2.75) is 24.8 Å². The second-order valence-corrected chi connectivity index (χ2v) is 9.99. The van der Waals surface area contributed by atoms with Crippen molar-refractivity contribution in [1.82, 2.24) is 0 Å². The van der Waals surface area contributed by atoms with Crippen LogP contribution in [-0.2, 0) is 14.8 Å². The largest absolute Gasteiger partial charge is 0.493 e. The van der Waals surface area contributed by atoms with Crippen molar-refractivity contribution in [1.29, 1.82) is 0 Å². The van der Waals surface area contributed by atoms with Gasteiger partial charge in [0.05, 0.1) is 22.9 Å². The summed E-state index contributed by atoms with van der Waals surface area (Å²) in [7, 11) is -3.99. The highest BCUT2D eigenvalue weighted by Crippen LogP contribution is 2.40. The molecule has 3 aromatic rings. The third kappa shape index (κ3) is 4.80. The number of nitrogens with zero attached hydrogens (tertiary/aromatic N) is 1. The monoisotopic (exact) mass is 479 g/mol. The third-order valence-electron chi connectivity index (χ3n) is 5.34. The first-order valence-electron chi connectivity index (χ1n) is 10.7. The van der Waals surface area contributed by atoms with E-state index in [-0.39, 0.29) is 10.6 Å². The Balaban J connectivity index is 1.77. The molecule has 2 amide bonds. The Morgan fingerprint density at radius 2 is 1.74 bits per heavy atom. The minimum atomic E-state index is -3.99. The molecule has 0 spiro atoms. The van der Waals surface area contributed by atoms with Gasteiger partial charge in [0.25, 0.3) is 11.8 Å². The number of carbonyl (C=O) groups is 2. The Morgan fingerprint density at radius 3 is 2.35 bits per heavy atom. The van der Waals surface area contributed by atoms with Gasteiger partial charge in [0, 0.05) is 5.56 Å². The van der Waals surface area contributed by atoms with Crippen LogP contribution in [-0.4, -0.2) is 26.8 Å². The van der Waals surface area contributed by atoms with Gasteiger partial charge in [-0.3, -0.25) is 14.5 Å². The highest BCUT2D eigenvalue weighted by molar-refractivity contribution is 7.89. The summed E-state index contributed by atoms with van der Waals surface area (Å²) in [5.74, 6) is 0.122. The summed E-state index contributed by atoms with van der Waals surface area (Å²) >= 11 is 0. The molecule has 3 aromatic carbocycles. The van der Waals surface area contributed by atoms with Crippen LogP contribution in [0.2, 0.25) is 0 Å². The van der Waals surface area contributed by atoms with E-state index in [4.69, 9.17) is 9.88 Å². The van der Waals surface area contributed by atoms with E-state index < -0.39 is 27.9 Å². The van der Waals surface area contributed by atoms with Crippen molar-refractivity contribution < 1.29 is 22.7 Å². The number of ether oxygens (including phenoxy) is 1. The highest BCUT2D eigenvalue weighted by atomic mass is 32.2. The van der Waals surface area contributed by atoms with Gasteiger partial charge in [-0.25, -0.2) is 13.6 Å². The lowest BCUT2D eigenvalue weighted by Crippen LogP contribution is -2.45. The van der Waals surface area contributed by atoms with E-state index in [9.17, 15) is 18.0 Å². The number of sulfonamides is 1. The summed E-state index contributed by atoms with van der Waals surface area (Å²) in [6, 6.07) is 18.7. The van der Waals surface area contributed by atoms with Crippen LogP contribution in [0.25, 0.3) is 0 Å². The number of primary sulfonamides is 1. The molecule has 8 nitrogen and oxygen atoms in total. The van der Waals surface area contributed by atoms with Gasteiger partial charge in [-0.05, 0) is 53.9 Å². The molecule has 34 heavy (non-hydrogen) atoms. The molecule has 4 rings (SSSR count). The van der Waals surface area contributed by atoms with Gasteiger partial charge in [0.15, 0.2) is 0 Å². The Bertz CT molecular complexity index is 1320. The summed E-state index contributed by atoms with van der Waals surface area (Å²) < 4.78 is 29.3. The van der Waals surface area contributed by atoms with Gasteiger partial charge in [-0.1, -0.05) is 44.2 Å². The maximum Gasteiger partial charge on any atom is 0.259 e. The summed E-state index contributed by atoms with van der Waals surface area (Å²) in [5, 5.41) is 7.97. The summed E-state index contributed by atoms with van der Waals surface area (Å²) in [5.41, 5.74) is 1.53. The minimum absolute atomic E-state index is 0.163. The average Bonchev–Trinajstić information content (AvgIpc) is 2.81. The van der Waals surface area contributed by atoms with Gasteiger partial charge in [-0.15, -0.1) is 0 Å². The van der Waals surface area contributed by atoms with Crippen molar-refractivity contribution in [3.05, 3.63) is 83.9 Å². The van der Waals surface area contributed by atoms with Crippen molar-refractivity contribution >= 4 is 33.2 Å². The molecule has 9 heteroatoms. The number of amides is 2. The Kier molecular flexibility index (Phi) is 6.41. The predicted octanol–water partition coefficient (Wildman–Crippen LogP) is 3.71. The number of rotatable bonds is 6. The van der Waals surface area contributed by atoms with E-state index in [0.717, 1.165) is 0 Å². The molecule has 1 aliphatic rings. The zero-order valence-corrected chi connectivity index (χ0v) is 19.6. The zero-order chi connectivity index (χ0) is 24.5. The number of hydrogen-bond acceptors (Lipinski definition) is 5. The van der Waals surface area contributed by atoms with Crippen molar-refractivity contribution in [2.24, 2.45) is 11.1 Å². The van der Waals surface area contributed by atoms with Gasteiger partial charge >= 0.3 is 0 Å². The van der Waals surface area contributed by atoms with Crippen molar-refractivity contribution in [2.75, 3.05) is 16.8 Å². The predicted molar refractivity (Wildman–Crippen MR) is 129 cm³/mol. The number of hydrogen-bond donors (Lipinski definition) is 2. The topological polar surface area (TPSA) is 119 Å². The van der Waals surface area contributed by atoms with Crippen LogP contribution >= 0.6 is 0 Å². The molecule has 0 aliphatic carbocycles. The number of nitrogens with one attached hydrogen (secondary N) is 1. The second kappa shape index (κ2) is 9.28. The van der Waals surface area contributed by atoms with Gasteiger partial charge in [-0.2, -0.15) is 0 Å². The summed E-state index contributed by atoms with van der Waals surface area (Å²) in [6.45, 7) is 4.64. The highest BCUT2D eigenvalue weighted by Gasteiger charge is 2.38. The fourth-order valence-electron chi connectivity index (χ4n) is 3.72. The van der Waals surface area contributed by atoms with Gasteiger partial charge < -0.3 is 10.1 Å². The molecule has 0 aromatic heterocycles. The van der Waals surface area contributed by atoms with Crippen LogP contribution in [0.5, 0.6) is 5.75 Å². The summed E-state index contributed by atoms with van der Waals surface area (Å²) in [4.78, 5) is 28.1. The molecule has 0 fully saturated rings. The molecule has 1 aliphatic heterocycles. The van der Waals surface area contributed by atoms with E-state index in [1.807, 2.05) is 19.9 Å². The molecule has 1 atom stereocenters. The molecule has 176 valence electrons. The van der Waals surface area contributed by atoms with Gasteiger partial charge in [0.1, 0.15) is 11.8 Å². The smallest absolute Gasteiger partial charge is 0.259 e. The minimum Gasteiger partial charge on any atom is -0.493 e. The number of anilines is 2. The fourth-order valence-corrected chi connectivity index (χ4v) is 4.26. The van der Waals surface area contributed by atoms with Crippen molar-refractivity contribution in [3.63, 3.8) is 0 Å². The van der Waals surface area contributed by atoms with Crippen LogP contribution < -0.4 is 20.1 Å². The molecule has 3 N–H and O–H groups in total. The zero-order valence-electron chi connectivity index (χ0n) is 18.8. The van der Waals surface area contributed by atoms with E-state index >= 15 is 0 Å². The molecule has 1 unspecified atom stereocenters. The Morgan fingerprint density at radius 1 is 1.06 bits per heavy atom. The number of carbonyl (C=O) groups excluding carboxylic acids is 2. The first-order chi connectivity index (χ1) is 16.1. The van der Waals surface area contributed by atoms with Gasteiger partial charge in [0.2, 0.25) is 10.0 Å². The van der Waals surface area contributed by atoms with Crippen LogP contribution in [0.1, 0.15) is 35.8 Å². The Hall–Kier alpha value is -3.69. The van der Waals surface area contributed by atoms with E-state index in [0.29, 0.717) is 35.1 Å². The van der Waals surface area contributed by atoms with Crippen LogP contribution in [0.4, 0.5) is 11.4 Å². The normalized spacial score (nSPS) is 15.6. The lowest BCUT2D eigenvalue weighted by Gasteiger charge is -2.37. The third-order valence-corrected chi connectivity index (χ3v) is 6.25. The second-order valence-electron chi connectivity index (χ2n) is 8.43. The van der Waals surface area contributed by atoms with Crippen molar-refractivity contribution in [3.8, 4) is 5.75 Å². The maximum absolute atomic E-state index is 13.7. The SMILES string of the molecule is CC(C)COc1ccc(C(=O)N2c3ccc(S(N)(=O)=O)cc3NC(=O)C2c2ccccc2)cc1. The summed E-state index contributed by atoms with van der Waals surface area (Å²) in [6.07, 6.45) is 0. The fraction of sp³-hybridized carbons (Fsp3) is 0.200. The molecule has 0 saturated heterocycles. The molecular weight excluding hydrogens is 454 g/mol. The molecule has 0 bridgehead atoms. The number of fused-ring (bicyclic) bond motifs is 1. The maximum atomic E-state index is 13.7. The molecule has 0 saturated carbocycles. The molecular formula is C25H25N3O5S. The first-order valence-corrected chi connectivity index (χ1v) is 12.3. The number of nitrogens with two attached hydrogens (primary N) is 1. The van der Waals surface area contributed by atoms with E-state index in [1.165, 1.54) is 23.1 Å². The van der Waals surface area contributed by atoms with E-state index in [2.05, 4.69) is 5.32 Å². The lowest BCUT2D eigenvalue weighted by molar-refractivity contribution is -0.117. The lowest BCUT2D eigenvalue weighted by atomic mass is 9.99. The Labute approximate surface area is 198 Å². The average molecular weight is 480 g/mol. The van der Waals surface area contributed by atoms with Crippen LogP contribution in [0.15, 0.2) is 77.7 Å². The van der Waals surface area contributed by atoms with Crippen LogP contribution in [0.3, 0.4) is 0 Å². The number of benzene rings is 3. The molecule has 1 heterocycles. The standard InChI is InChI=1S/C25H25N3O5S/c1-16(2)15-33-19-10-8-18(9-11-19)25(30)28-22-13-12-20(34(26,31)32)14-21(22)27-24(29)23(28)17-6-4-3-5-7-17/h3-14,16,23H,15H2,1-2H3,(H,27,29)(H2,26,31,32). The first kappa shape index (κ1) is 23.5. The van der Waals surface area contributed by atoms with Crippen LogP contribution in [0, 0.1) is 5.92 Å².